The standard InChI is InChI=1S/C26H20N6O/c33-16-9-11-32(14-16)26-23-19(15-4-3-5-15)12-27-13-21(23)30-24(31-26)18-8-10-28-25-22(18)17-6-1-2-7-20(17)29-25/h1-8,10,12-13,16,33H,9,11,14H2,(H,28,29)/t16-/m1/s1. The number of aliphatic hydroxyl groups is 1. The average molecular weight is 432 g/mol. The molecule has 1 fully saturated rings. The van der Waals surface area contributed by atoms with Crippen molar-refractivity contribution in [3.8, 4) is 11.4 Å². The summed E-state index contributed by atoms with van der Waals surface area (Å²) in [5.41, 5.74) is 5.70. The number of aliphatic hydroxyl groups excluding tert-OH is 1. The number of rotatable bonds is 3. The zero-order valence-corrected chi connectivity index (χ0v) is 17.7. The van der Waals surface area contributed by atoms with Crippen molar-refractivity contribution in [2.45, 2.75) is 12.5 Å². The number of pyridine rings is 2. The van der Waals surface area contributed by atoms with E-state index in [9.17, 15) is 5.11 Å². The number of aromatic amines is 1. The second kappa shape index (κ2) is 6.95. The number of allylic oxidation sites excluding steroid dienone is 4. The molecule has 0 spiro atoms. The maximum atomic E-state index is 10.3. The third-order valence-corrected chi connectivity index (χ3v) is 6.55. The second-order valence-corrected chi connectivity index (χ2v) is 8.57. The van der Waals surface area contributed by atoms with E-state index < -0.39 is 0 Å². The fourth-order valence-corrected chi connectivity index (χ4v) is 4.89. The largest absolute Gasteiger partial charge is 0.391 e. The minimum Gasteiger partial charge on any atom is -0.391 e. The van der Waals surface area contributed by atoms with Crippen LogP contribution in [0.1, 0.15) is 12.0 Å². The number of nitrogens with zero attached hydrogens (tertiary/aromatic N) is 5. The summed E-state index contributed by atoms with van der Waals surface area (Å²) in [6.07, 6.45) is 12.0. The van der Waals surface area contributed by atoms with Crippen LogP contribution in [0.3, 0.4) is 0 Å². The maximum absolute atomic E-state index is 10.3. The smallest absolute Gasteiger partial charge is 0.163 e. The predicted octanol–water partition coefficient (Wildman–Crippen LogP) is 4.25. The number of benzene rings is 1. The summed E-state index contributed by atoms with van der Waals surface area (Å²) in [7, 11) is 0. The van der Waals surface area contributed by atoms with Gasteiger partial charge in [-0.25, -0.2) is 15.0 Å². The molecule has 0 saturated carbocycles. The Bertz CT molecular complexity index is 1630. The summed E-state index contributed by atoms with van der Waals surface area (Å²) in [6, 6.07) is 10.2. The molecule has 1 aliphatic heterocycles. The monoisotopic (exact) mass is 432 g/mol. The molecule has 1 aliphatic carbocycles. The van der Waals surface area contributed by atoms with Crippen molar-refractivity contribution in [3.63, 3.8) is 0 Å². The Morgan fingerprint density at radius 1 is 1.03 bits per heavy atom. The number of β-amino-alcohol motifs (C(OH)–C–C–N with tert-alkyl or cyclic N) is 1. The number of hydrogen-bond acceptors (Lipinski definition) is 6. The molecule has 160 valence electrons. The van der Waals surface area contributed by atoms with Gasteiger partial charge in [0.15, 0.2) is 5.82 Å². The van der Waals surface area contributed by atoms with E-state index in [0.717, 1.165) is 68.3 Å². The van der Waals surface area contributed by atoms with Crippen LogP contribution in [0.5, 0.6) is 0 Å². The van der Waals surface area contributed by atoms with Crippen LogP contribution in [0.4, 0.5) is 5.82 Å². The normalized spacial score (nSPS) is 17.8. The predicted molar refractivity (Wildman–Crippen MR) is 130 cm³/mol. The average Bonchev–Trinajstić information content (AvgIpc) is 3.40. The lowest BCUT2D eigenvalue weighted by molar-refractivity contribution is 0.198. The van der Waals surface area contributed by atoms with Gasteiger partial charge in [-0.1, -0.05) is 36.4 Å². The van der Waals surface area contributed by atoms with E-state index in [2.05, 4.69) is 44.1 Å². The van der Waals surface area contributed by atoms with E-state index in [-0.39, 0.29) is 6.10 Å². The molecule has 7 heteroatoms. The van der Waals surface area contributed by atoms with Crippen molar-refractivity contribution in [2.24, 2.45) is 0 Å². The van der Waals surface area contributed by atoms with Crippen molar-refractivity contribution in [1.29, 1.82) is 0 Å². The molecule has 4 aromatic heterocycles. The van der Waals surface area contributed by atoms with Gasteiger partial charge >= 0.3 is 0 Å². The topological polar surface area (TPSA) is 90.8 Å². The van der Waals surface area contributed by atoms with E-state index >= 15 is 0 Å². The van der Waals surface area contributed by atoms with E-state index in [0.29, 0.717) is 12.4 Å². The van der Waals surface area contributed by atoms with Gasteiger partial charge in [0, 0.05) is 52.9 Å². The first-order valence-electron chi connectivity index (χ1n) is 11.1. The quantitative estimate of drug-likeness (QED) is 0.443. The molecular formula is C26H20N6O. The van der Waals surface area contributed by atoms with Crippen LogP contribution in [0.15, 0.2) is 67.2 Å². The van der Waals surface area contributed by atoms with E-state index in [1.807, 2.05) is 30.5 Å². The summed E-state index contributed by atoms with van der Waals surface area (Å²) >= 11 is 0. The molecule has 0 bridgehead atoms. The van der Waals surface area contributed by atoms with Crippen molar-refractivity contribution < 1.29 is 5.11 Å². The highest BCUT2D eigenvalue weighted by Gasteiger charge is 2.26. The van der Waals surface area contributed by atoms with Gasteiger partial charge in [0.05, 0.1) is 23.2 Å². The van der Waals surface area contributed by atoms with Crippen molar-refractivity contribution in [3.05, 3.63) is 72.7 Å². The van der Waals surface area contributed by atoms with Gasteiger partial charge in [-0.2, -0.15) is 0 Å². The summed E-state index contributed by atoms with van der Waals surface area (Å²) < 4.78 is 0. The molecule has 7 rings (SSSR count). The molecule has 1 atom stereocenters. The molecular weight excluding hydrogens is 412 g/mol. The zero-order chi connectivity index (χ0) is 21.9. The molecule has 33 heavy (non-hydrogen) atoms. The molecule has 7 nitrogen and oxygen atoms in total. The van der Waals surface area contributed by atoms with Crippen LogP contribution in [0, 0.1) is 0 Å². The van der Waals surface area contributed by atoms with Gasteiger partial charge in [-0.15, -0.1) is 0 Å². The van der Waals surface area contributed by atoms with E-state index in [4.69, 9.17) is 9.97 Å². The molecule has 0 amide bonds. The number of nitrogens with one attached hydrogen (secondary N) is 1. The van der Waals surface area contributed by atoms with Crippen LogP contribution in [0.25, 0.3) is 49.8 Å². The number of anilines is 1. The van der Waals surface area contributed by atoms with Crippen molar-refractivity contribution >= 4 is 44.2 Å². The Kier molecular flexibility index (Phi) is 3.89. The number of aromatic nitrogens is 5. The number of H-pyrrole nitrogens is 1. The third kappa shape index (κ3) is 2.79. The molecule has 2 N–H and O–H groups in total. The number of fused-ring (bicyclic) bond motifs is 4. The fraction of sp³-hybridized carbons (Fsp3) is 0.154. The molecule has 0 radical (unpaired) electrons. The minimum atomic E-state index is -0.354. The zero-order valence-electron chi connectivity index (χ0n) is 17.7. The van der Waals surface area contributed by atoms with Crippen LogP contribution >= 0.6 is 0 Å². The molecule has 2 aliphatic rings. The fourth-order valence-electron chi connectivity index (χ4n) is 4.89. The summed E-state index contributed by atoms with van der Waals surface area (Å²) in [5, 5.41) is 13.3. The van der Waals surface area contributed by atoms with Crippen molar-refractivity contribution in [2.75, 3.05) is 18.0 Å². The van der Waals surface area contributed by atoms with Gasteiger partial charge in [0.2, 0.25) is 0 Å². The first-order valence-corrected chi connectivity index (χ1v) is 11.1. The highest BCUT2D eigenvalue weighted by atomic mass is 16.3. The third-order valence-electron chi connectivity index (χ3n) is 6.55. The number of para-hydroxylation sites is 1. The van der Waals surface area contributed by atoms with E-state index in [1.54, 1.807) is 12.4 Å². The molecule has 1 aromatic carbocycles. The lowest BCUT2D eigenvalue weighted by Crippen LogP contribution is -2.23. The molecule has 1 saturated heterocycles. The lowest BCUT2D eigenvalue weighted by atomic mass is 9.97. The van der Waals surface area contributed by atoms with Gasteiger partial charge < -0.3 is 15.0 Å². The Hall–Kier alpha value is -4.10. The Balaban J connectivity index is 1.53. The summed E-state index contributed by atoms with van der Waals surface area (Å²) in [4.78, 5) is 24.7. The van der Waals surface area contributed by atoms with Crippen LogP contribution in [-0.2, 0) is 0 Å². The van der Waals surface area contributed by atoms with E-state index in [1.165, 1.54) is 0 Å². The van der Waals surface area contributed by atoms with Gasteiger partial charge in [0.1, 0.15) is 11.5 Å². The van der Waals surface area contributed by atoms with Crippen molar-refractivity contribution in [1.82, 2.24) is 24.9 Å². The maximum Gasteiger partial charge on any atom is 0.163 e. The van der Waals surface area contributed by atoms with Crippen LogP contribution in [-0.4, -0.2) is 49.2 Å². The Morgan fingerprint density at radius 2 is 1.94 bits per heavy atom. The molecule has 5 heterocycles. The van der Waals surface area contributed by atoms with Crippen LogP contribution in [0.2, 0.25) is 0 Å². The summed E-state index contributed by atoms with van der Waals surface area (Å²) in [5.74, 6) is 1.48. The molecule has 5 aromatic rings. The highest BCUT2D eigenvalue weighted by molar-refractivity contribution is 6.13. The Morgan fingerprint density at radius 3 is 2.76 bits per heavy atom. The van der Waals surface area contributed by atoms with Gasteiger partial charge in [0.25, 0.3) is 0 Å². The first-order chi connectivity index (χ1) is 16.3. The second-order valence-electron chi connectivity index (χ2n) is 8.57. The SMILES string of the molecule is O[C@@H]1CCN(c2nc(-c3ccnc4[nH]c5ccccc5c34)nc3cncc(C4=CC=C4)c23)C1. The van der Waals surface area contributed by atoms with Gasteiger partial charge in [-0.05, 0) is 24.1 Å². The highest BCUT2D eigenvalue weighted by Crippen LogP contribution is 2.38. The Labute approximate surface area is 189 Å². The lowest BCUT2D eigenvalue weighted by Gasteiger charge is -2.22. The minimum absolute atomic E-state index is 0.354. The molecule has 0 unspecified atom stereocenters. The first kappa shape index (κ1) is 18.5. The summed E-state index contributed by atoms with van der Waals surface area (Å²) in [6.45, 7) is 1.31. The van der Waals surface area contributed by atoms with Crippen LogP contribution < -0.4 is 4.90 Å². The number of hydrogen-bond donors (Lipinski definition) is 2. The van der Waals surface area contributed by atoms with Gasteiger partial charge in [-0.3, -0.25) is 4.98 Å².